The fraction of sp³-hybridized carbons (Fsp3) is 0.316. The van der Waals surface area contributed by atoms with E-state index in [-0.39, 0.29) is 13.0 Å². The topological polar surface area (TPSA) is 26.3 Å². The van der Waals surface area contributed by atoms with Crippen LogP contribution in [0.1, 0.15) is 27.8 Å². The number of hydrogen-bond acceptors (Lipinski definition) is 2. The Kier molecular flexibility index (Phi) is 5.31. The van der Waals surface area contributed by atoms with Crippen molar-refractivity contribution in [3.8, 4) is 0 Å². The average molecular weight is 300 g/mol. The van der Waals surface area contributed by atoms with Crippen LogP contribution in [0.2, 0.25) is 0 Å². The zero-order chi connectivity index (χ0) is 16.1. The molecule has 2 aromatic rings. The summed E-state index contributed by atoms with van der Waals surface area (Å²) < 4.78 is 19.1. The van der Waals surface area contributed by atoms with Crippen LogP contribution in [0.15, 0.2) is 42.5 Å². The Morgan fingerprint density at radius 3 is 2.27 bits per heavy atom. The molecule has 0 heterocycles. The first-order chi connectivity index (χ1) is 10.5. The van der Waals surface area contributed by atoms with Gasteiger partial charge in [-0.15, -0.1) is 0 Å². The predicted octanol–water partition coefficient (Wildman–Crippen LogP) is 4.24. The van der Waals surface area contributed by atoms with Crippen molar-refractivity contribution in [1.82, 2.24) is 0 Å². The Hall–Kier alpha value is -2.16. The molecule has 2 rings (SSSR count). The van der Waals surface area contributed by atoms with E-state index in [4.69, 9.17) is 4.74 Å². The Morgan fingerprint density at radius 2 is 1.68 bits per heavy atom. The molecule has 3 heteroatoms. The highest BCUT2D eigenvalue weighted by molar-refractivity contribution is 5.75. The number of benzene rings is 2. The minimum Gasteiger partial charge on any atom is -0.459 e. The molecule has 22 heavy (non-hydrogen) atoms. The molecular weight excluding hydrogens is 279 g/mol. The third-order valence-corrected chi connectivity index (χ3v) is 3.71. The van der Waals surface area contributed by atoms with Gasteiger partial charge in [0.25, 0.3) is 0 Å². The van der Waals surface area contributed by atoms with Gasteiger partial charge in [-0.1, -0.05) is 48.0 Å². The summed E-state index contributed by atoms with van der Waals surface area (Å²) in [6, 6.07) is 13.2. The quantitative estimate of drug-likeness (QED) is 0.772. The molecule has 0 bridgehead atoms. The summed E-state index contributed by atoms with van der Waals surface area (Å²) in [6.45, 7) is 6.08. The number of esters is 1. The maximum absolute atomic E-state index is 14.0. The van der Waals surface area contributed by atoms with E-state index in [9.17, 15) is 9.18 Å². The van der Waals surface area contributed by atoms with Gasteiger partial charge in [0.2, 0.25) is 6.17 Å². The monoisotopic (exact) mass is 300 g/mol. The number of ether oxygens (including phenoxy) is 1. The highest BCUT2D eigenvalue weighted by Gasteiger charge is 2.20. The lowest BCUT2D eigenvalue weighted by molar-refractivity contribution is -0.150. The van der Waals surface area contributed by atoms with Crippen molar-refractivity contribution >= 4 is 5.97 Å². The fourth-order valence-electron chi connectivity index (χ4n) is 2.58. The Balaban J connectivity index is 1.95. The molecule has 0 unspecified atom stereocenters. The van der Waals surface area contributed by atoms with Crippen LogP contribution >= 0.6 is 0 Å². The van der Waals surface area contributed by atoms with Gasteiger partial charge in [0.05, 0.1) is 0 Å². The SMILES string of the molecule is Cc1cc(C)c(COC(=O)[C@@H](F)Cc2ccccc2)c(C)c1. The molecule has 1 atom stereocenters. The van der Waals surface area contributed by atoms with Gasteiger partial charge in [-0.3, -0.25) is 0 Å². The summed E-state index contributed by atoms with van der Waals surface area (Å²) in [6.07, 6.45) is -1.58. The normalized spacial score (nSPS) is 12.0. The van der Waals surface area contributed by atoms with Crippen molar-refractivity contribution < 1.29 is 13.9 Å². The highest BCUT2D eigenvalue weighted by Crippen LogP contribution is 2.18. The molecular formula is C19H21FO2. The van der Waals surface area contributed by atoms with Crippen molar-refractivity contribution in [3.05, 3.63) is 70.3 Å². The molecule has 0 spiro atoms. The van der Waals surface area contributed by atoms with Crippen molar-refractivity contribution in [2.45, 2.75) is 40.0 Å². The van der Waals surface area contributed by atoms with Crippen LogP contribution in [0, 0.1) is 20.8 Å². The van der Waals surface area contributed by atoms with E-state index in [1.165, 1.54) is 0 Å². The molecule has 0 aliphatic heterocycles. The lowest BCUT2D eigenvalue weighted by atomic mass is 10.0. The number of carbonyl (C=O) groups is 1. The van der Waals surface area contributed by atoms with E-state index in [1.807, 2.05) is 51.1 Å². The highest BCUT2D eigenvalue weighted by atomic mass is 19.1. The first-order valence-electron chi connectivity index (χ1n) is 7.38. The molecule has 0 saturated heterocycles. The molecule has 0 aromatic heterocycles. The minimum atomic E-state index is -1.63. The number of halogens is 1. The Labute approximate surface area is 130 Å². The largest absolute Gasteiger partial charge is 0.459 e. The van der Waals surface area contributed by atoms with Gasteiger partial charge in [-0.2, -0.15) is 0 Å². The molecule has 0 amide bonds. The van der Waals surface area contributed by atoms with Crippen LogP contribution in [-0.4, -0.2) is 12.1 Å². The lowest BCUT2D eigenvalue weighted by Crippen LogP contribution is -2.21. The molecule has 116 valence electrons. The third kappa shape index (κ3) is 4.17. The van der Waals surface area contributed by atoms with Crippen LogP contribution < -0.4 is 0 Å². The number of aryl methyl sites for hydroxylation is 3. The van der Waals surface area contributed by atoms with Gasteiger partial charge in [-0.05, 0) is 43.0 Å². The Bertz CT molecular complexity index is 627. The molecule has 2 aromatic carbocycles. The Morgan fingerprint density at radius 1 is 1.09 bits per heavy atom. The zero-order valence-electron chi connectivity index (χ0n) is 13.2. The zero-order valence-corrected chi connectivity index (χ0v) is 13.2. The fourth-order valence-corrected chi connectivity index (χ4v) is 2.58. The summed E-state index contributed by atoms with van der Waals surface area (Å²) in [5.74, 6) is -0.803. The average Bonchev–Trinajstić information content (AvgIpc) is 2.46. The molecule has 0 aliphatic carbocycles. The molecule has 2 nitrogen and oxygen atoms in total. The van der Waals surface area contributed by atoms with Gasteiger partial charge in [0.15, 0.2) is 0 Å². The van der Waals surface area contributed by atoms with Crippen molar-refractivity contribution in [2.24, 2.45) is 0 Å². The third-order valence-electron chi connectivity index (χ3n) is 3.71. The second-order valence-electron chi connectivity index (χ2n) is 5.64. The number of rotatable bonds is 5. The molecule has 0 N–H and O–H groups in total. The first kappa shape index (κ1) is 16.2. The van der Waals surface area contributed by atoms with Gasteiger partial charge < -0.3 is 4.74 Å². The van der Waals surface area contributed by atoms with Crippen LogP contribution in [0.3, 0.4) is 0 Å². The van der Waals surface area contributed by atoms with E-state index in [1.54, 1.807) is 12.1 Å². The number of carbonyl (C=O) groups excluding carboxylic acids is 1. The minimum absolute atomic E-state index is 0.0472. The lowest BCUT2D eigenvalue weighted by Gasteiger charge is -2.13. The predicted molar refractivity (Wildman–Crippen MR) is 85.5 cm³/mol. The number of hydrogen-bond donors (Lipinski definition) is 0. The second-order valence-corrected chi connectivity index (χ2v) is 5.64. The van der Waals surface area contributed by atoms with Crippen LogP contribution in [0.4, 0.5) is 4.39 Å². The van der Waals surface area contributed by atoms with E-state index in [0.717, 1.165) is 27.8 Å². The maximum Gasteiger partial charge on any atom is 0.341 e. The smallest absolute Gasteiger partial charge is 0.341 e. The summed E-state index contributed by atoms with van der Waals surface area (Å²) >= 11 is 0. The van der Waals surface area contributed by atoms with Gasteiger partial charge in [0.1, 0.15) is 6.61 Å². The first-order valence-corrected chi connectivity index (χ1v) is 7.38. The summed E-state index contributed by atoms with van der Waals surface area (Å²) in [5, 5.41) is 0. The van der Waals surface area contributed by atoms with E-state index < -0.39 is 12.1 Å². The van der Waals surface area contributed by atoms with Crippen molar-refractivity contribution in [1.29, 1.82) is 0 Å². The second kappa shape index (κ2) is 7.21. The number of alkyl halides is 1. The van der Waals surface area contributed by atoms with Crippen LogP contribution in [0.5, 0.6) is 0 Å². The standard InChI is InChI=1S/C19H21FO2/c1-13-9-14(2)17(15(3)10-13)12-22-19(21)18(20)11-16-7-5-4-6-8-16/h4-10,18H,11-12H2,1-3H3/t18-/m0/s1. The maximum atomic E-state index is 14.0. The summed E-state index contributed by atoms with van der Waals surface area (Å²) in [5.41, 5.74) is 5.02. The van der Waals surface area contributed by atoms with E-state index >= 15 is 0 Å². The summed E-state index contributed by atoms with van der Waals surface area (Å²) in [7, 11) is 0. The van der Waals surface area contributed by atoms with Crippen LogP contribution in [0.25, 0.3) is 0 Å². The van der Waals surface area contributed by atoms with Gasteiger partial charge in [0, 0.05) is 6.42 Å². The van der Waals surface area contributed by atoms with E-state index in [2.05, 4.69) is 0 Å². The van der Waals surface area contributed by atoms with Gasteiger partial charge >= 0.3 is 5.97 Å². The molecule has 0 radical (unpaired) electrons. The molecule has 0 saturated carbocycles. The van der Waals surface area contributed by atoms with Crippen LogP contribution in [-0.2, 0) is 22.6 Å². The molecule has 0 aliphatic rings. The van der Waals surface area contributed by atoms with Gasteiger partial charge in [-0.25, -0.2) is 9.18 Å². The van der Waals surface area contributed by atoms with E-state index in [0.29, 0.717) is 0 Å². The van der Waals surface area contributed by atoms with Crippen molar-refractivity contribution in [3.63, 3.8) is 0 Å². The van der Waals surface area contributed by atoms with Crippen molar-refractivity contribution in [2.75, 3.05) is 0 Å². The summed E-state index contributed by atoms with van der Waals surface area (Å²) in [4.78, 5) is 11.8. The molecule has 0 fully saturated rings.